The van der Waals surface area contributed by atoms with Gasteiger partial charge in [-0.05, 0) is 17.7 Å². The number of nitrogens with two attached hydrogens (primary N) is 1. The summed E-state index contributed by atoms with van der Waals surface area (Å²) in [7, 11) is 0. The molecule has 0 unspecified atom stereocenters. The van der Waals surface area contributed by atoms with Crippen LogP contribution in [0.3, 0.4) is 0 Å². The molecule has 68 valence electrons. The van der Waals surface area contributed by atoms with Crippen molar-refractivity contribution < 1.29 is 9.90 Å². The Kier molecular flexibility index (Phi) is 3.03. The number of carboxylic acid groups (broad SMARTS) is 1. The van der Waals surface area contributed by atoms with Gasteiger partial charge >= 0.3 is 5.97 Å². The number of carboxylic acids is 1. The van der Waals surface area contributed by atoms with Crippen molar-refractivity contribution in [1.29, 1.82) is 0 Å². The van der Waals surface area contributed by atoms with E-state index in [2.05, 4.69) is 4.98 Å². The van der Waals surface area contributed by atoms with Crippen LogP contribution in [0.15, 0.2) is 24.4 Å². The number of aliphatic carboxylic acids is 1. The van der Waals surface area contributed by atoms with Gasteiger partial charge in [0.05, 0.1) is 6.42 Å². The number of rotatable bonds is 3. The molecule has 0 aliphatic heterocycles. The van der Waals surface area contributed by atoms with E-state index in [4.69, 9.17) is 10.8 Å². The number of hydrogen-bond acceptors (Lipinski definition) is 3. The van der Waals surface area contributed by atoms with Crippen molar-refractivity contribution in [2.24, 2.45) is 0 Å². The van der Waals surface area contributed by atoms with Gasteiger partial charge in [0.25, 0.3) is 0 Å². The van der Waals surface area contributed by atoms with E-state index < -0.39 is 5.97 Å². The van der Waals surface area contributed by atoms with Gasteiger partial charge in [-0.3, -0.25) is 4.79 Å². The lowest BCUT2D eigenvalue weighted by molar-refractivity contribution is -0.135. The first-order valence-corrected chi connectivity index (χ1v) is 3.78. The normalized spacial score (nSPS) is 10.5. The molecule has 0 amide bonds. The first-order chi connectivity index (χ1) is 6.18. The highest BCUT2D eigenvalue weighted by molar-refractivity contribution is 5.70. The number of hydrogen-bond donors (Lipinski definition) is 2. The molecule has 0 atom stereocenters. The van der Waals surface area contributed by atoms with Crippen molar-refractivity contribution in [2.45, 2.75) is 6.42 Å². The molecule has 4 nitrogen and oxygen atoms in total. The minimum absolute atomic E-state index is 0.0161. The van der Waals surface area contributed by atoms with Crippen molar-refractivity contribution in [2.75, 3.05) is 5.73 Å². The maximum atomic E-state index is 10.2. The van der Waals surface area contributed by atoms with E-state index in [1.165, 1.54) is 0 Å². The van der Waals surface area contributed by atoms with Crippen LogP contribution >= 0.6 is 0 Å². The Labute approximate surface area is 75.7 Å². The molecule has 0 aliphatic carbocycles. The van der Waals surface area contributed by atoms with Crippen LogP contribution in [0.5, 0.6) is 0 Å². The average Bonchev–Trinajstić information content (AvgIpc) is 2.03. The zero-order valence-electron chi connectivity index (χ0n) is 6.97. The average molecular weight is 178 g/mol. The Morgan fingerprint density at radius 3 is 3.08 bits per heavy atom. The minimum Gasteiger partial charge on any atom is -0.481 e. The van der Waals surface area contributed by atoms with Gasteiger partial charge in [-0.1, -0.05) is 12.2 Å². The van der Waals surface area contributed by atoms with Gasteiger partial charge in [-0.2, -0.15) is 0 Å². The highest BCUT2D eigenvalue weighted by Gasteiger charge is 1.91. The maximum Gasteiger partial charge on any atom is 0.307 e. The molecule has 1 aromatic rings. The molecule has 4 heteroatoms. The molecule has 0 aliphatic rings. The number of nitrogens with zero attached hydrogens (tertiary/aromatic N) is 1. The Balaban J connectivity index is 2.63. The van der Waals surface area contributed by atoms with Gasteiger partial charge in [0.1, 0.15) is 5.82 Å². The number of pyridine rings is 1. The summed E-state index contributed by atoms with van der Waals surface area (Å²) >= 11 is 0. The van der Waals surface area contributed by atoms with Crippen LogP contribution in [-0.2, 0) is 4.79 Å². The summed E-state index contributed by atoms with van der Waals surface area (Å²) in [5.41, 5.74) is 6.28. The fourth-order valence-corrected chi connectivity index (χ4v) is 0.865. The van der Waals surface area contributed by atoms with Crippen LogP contribution in [0.4, 0.5) is 5.82 Å². The zero-order chi connectivity index (χ0) is 9.68. The predicted molar refractivity (Wildman–Crippen MR) is 49.9 cm³/mol. The summed E-state index contributed by atoms with van der Waals surface area (Å²) in [6, 6.07) is 3.44. The van der Waals surface area contributed by atoms with Gasteiger partial charge < -0.3 is 10.8 Å². The second kappa shape index (κ2) is 4.25. The highest BCUT2D eigenvalue weighted by atomic mass is 16.4. The zero-order valence-corrected chi connectivity index (χ0v) is 6.97. The molecule has 3 N–H and O–H groups in total. The van der Waals surface area contributed by atoms with Gasteiger partial charge in [0, 0.05) is 6.20 Å². The van der Waals surface area contributed by atoms with E-state index in [1.54, 1.807) is 30.5 Å². The van der Waals surface area contributed by atoms with Crippen molar-refractivity contribution in [3.63, 3.8) is 0 Å². The third-order valence-electron chi connectivity index (χ3n) is 1.41. The van der Waals surface area contributed by atoms with E-state index in [-0.39, 0.29) is 6.42 Å². The fourth-order valence-electron chi connectivity index (χ4n) is 0.865. The van der Waals surface area contributed by atoms with E-state index >= 15 is 0 Å². The number of anilines is 1. The largest absolute Gasteiger partial charge is 0.481 e. The van der Waals surface area contributed by atoms with Crippen molar-refractivity contribution in [3.8, 4) is 0 Å². The molecule has 0 saturated carbocycles. The lowest BCUT2D eigenvalue weighted by atomic mass is 10.2. The lowest BCUT2D eigenvalue weighted by Crippen LogP contribution is -1.90. The summed E-state index contributed by atoms with van der Waals surface area (Å²) < 4.78 is 0. The van der Waals surface area contributed by atoms with Crippen molar-refractivity contribution >= 4 is 17.9 Å². The Morgan fingerprint density at radius 1 is 1.69 bits per heavy atom. The highest BCUT2D eigenvalue weighted by Crippen LogP contribution is 2.05. The Hall–Kier alpha value is -1.84. The fraction of sp³-hybridized carbons (Fsp3) is 0.111. The minimum atomic E-state index is -0.849. The molecule has 0 aromatic carbocycles. The van der Waals surface area contributed by atoms with Gasteiger partial charge in [0.2, 0.25) is 0 Å². The summed E-state index contributed by atoms with van der Waals surface area (Å²) in [6.45, 7) is 0. The second-order valence-corrected chi connectivity index (χ2v) is 2.51. The molecule has 1 aromatic heterocycles. The van der Waals surface area contributed by atoms with Gasteiger partial charge in [0.15, 0.2) is 0 Å². The summed E-state index contributed by atoms with van der Waals surface area (Å²) in [4.78, 5) is 14.0. The first-order valence-electron chi connectivity index (χ1n) is 3.78. The second-order valence-electron chi connectivity index (χ2n) is 2.51. The molecule has 0 saturated heterocycles. The SMILES string of the molecule is Nc1cc(C=CCC(=O)O)ccn1. The van der Waals surface area contributed by atoms with E-state index in [1.807, 2.05) is 0 Å². The van der Waals surface area contributed by atoms with E-state index in [0.717, 1.165) is 5.56 Å². The maximum absolute atomic E-state index is 10.2. The summed E-state index contributed by atoms with van der Waals surface area (Å²) in [6.07, 6.45) is 4.86. The molecular formula is C9H10N2O2. The third kappa shape index (κ3) is 3.37. The van der Waals surface area contributed by atoms with Gasteiger partial charge in [-0.25, -0.2) is 4.98 Å². The number of nitrogen functional groups attached to an aromatic ring is 1. The first kappa shape index (κ1) is 9.25. The molecule has 1 rings (SSSR count). The van der Waals surface area contributed by atoms with Crippen LogP contribution < -0.4 is 5.73 Å². The van der Waals surface area contributed by atoms with Crippen molar-refractivity contribution in [3.05, 3.63) is 30.0 Å². The molecule has 0 radical (unpaired) electrons. The topological polar surface area (TPSA) is 76.2 Å². The van der Waals surface area contributed by atoms with E-state index in [0.29, 0.717) is 5.82 Å². The van der Waals surface area contributed by atoms with Gasteiger partial charge in [-0.15, -0.1) is 0 Å². The molecule has 1 heterocycles. The smallest absolute Gasteiger partial charge is 0.307 e. The molecule has 13 heavy (non-hydrogen) atoms. The quantitative estimate of drug-likeness (QED) is 0.727. The number of carbonyl (C=O) groups is 1. The monoisotopic (exact) mass is 178 g/mol. The van der Waals surface area contributed by atoms with Crippen LogP contribution in [0.1, 0.15) is 12.0 Å². The Bertz CT molecular complexity index is 334. The summed E-state index contributed by atoms with van der Waals surface area (Å²) in [5, 5.41) is 8.36. The van der Waals surface area contributed by atoms with Crippen LogP contribution in [-0.4, -0.2) is 16.1 Å². The standard InChI is InChI=1S/C9H10N2O2/c10-8-6-7(4-5-11-8)2-1-3-9(12)13/h1-2,4-6H,3H2,(H2,10,11)(H,12,13). The van der Waals surface area contributed by atoms with Crippen LogP contribution in [0.25, 0.3) is 6.08 Å². The number of aromatic nitrogens is 1. The lowest BCUT2D eigenvalue weighted by Gasteiger charge is -1.93. The van der Waals surface area contributed by atoms with Crippen LogP contribution in [0, 0.1) is 0 Å². The molecule has 0 spiro atoms. The third-order valence-corrected chi connectivity index (χ3v) is 1.41. The van der Waals surface area contributed by atoms with Crippen molar-refractivity contribution in [1.82, 2.24) is 4.98 Å². The van der Waals surface area contributed by atoms with E-state index in [9.17, 15) is 4.79 Å². The molecule has 0 bridgehead atoms. The summed E-state index contributed by atoms with van der Waals surface area (Å²) in [5.74, 6) is -0.421. The molecular weight excluding hydrogens is 168 g/mol. The van der Waals surface area contributed by atoms with Crippen LogP contribution in [0.2, 0.25) is 0 Å². The Morgan fingerprint density at radius 2 is 2.46 bits per heavy atom. The predicted octanol–water partition coefficient (Wildman–Crippen LogP) is 1.15. The molecule has 0 fully saturated rings.